The van der Waals surface area contributed by atoms with E-state index in [0.29, 0.717) is 40.2 Å². The van der Waals surface area contributed by atoms with Crippen LogP contribution in [0.3, 0.4) is 0 Å². The van der Waals surface area contributed by atoms with Gasteiger partial charge in [-0.1, -0.05) is 47.9 Å². The molecule has 2 aromatic carbocycles. The fourth-order valence-corrected chi connectivity index (χ4v) is 3.00. The van der Waals surface area contributed by atoms with Crippen LogP contribution in [-0.2, 0) is 11.3 Å². The van der Waals surface area contributed by atoms with E-state index in [1.807, 2.05) is 31.2 Å². The molecule has 0 saturated carbocycles. The molecule has 0 N–H and O–H groups in total. The number of hydrogen-bond donors (Lipinski definition) is 0. The molecule has 0 radical (unpaired) electrons. The number of para-hydroxylation sites is 2. The highest BCUT2D eigenvalue weighted by Gasteiger charge is 2.25. The van der Waals surface area contributed by atoms with Crippen LogP contribution in [0.2, 0.25) is 5.02 Å². The molecule has 0 aliphatic rings. The van der Waals surface area contributed by atoms with E-state index in [1.54, 1.807) is 38.4 Å². The summed E-state index contributed by atoms with van der Waals surface area (Å²) >= 11 is 6.17. The van der Waals surface area contributed by atoms with Crippen LogP contribution >= 0.6 is 11.6 Å². The summed E-state index contributed by atoms with van der Waals surface area (Å²) in [5, 5.41) is 4.49. The first kappa shape index (κ1) is 20.7. The Kier molecular flexibility index (Phi) is 6.72. The lowest BCUT2D eigenvalue weighted by Crippen LogP contribution is -2.39. The van der Waals surface area contributed by atoms with Gasteiger partial charge in [-0.05, 0) is 30.7 Å². The van der Waals surface area contributed by atoms with Crippen LogP contribution in [-0.4, -0.2) is 41.2 Å². The number of aromatic nitrogens is 2. The summed E-state index contributed by atoms with van der Waals surface area (Å²) in [7, 11) is 3.22. The van der Waals surface area contributed by atoms with Crippen LogP contribution in [0.4, 0.5) is 0 Å². The molecule has 1 amide bonds. The topological polar surface area (TPSA) is 77.7 Å². The highest BCUT2D eigenvalue weighted by atomic mass is 35.5. The Labute approximate surface area is 174 Å². The van der Waals surface area contributed by atoms with Crippen molar-refractivity contribution in [3.05, 3.63) is 59.4 Å². The zero-order valence-corrected chi connectivity index (χ0v) is 17.2. The Hall–Kier alpha value is -3.06. The molecule has 1 unspecified atom stereocenters. The van der Waals surface area contributed by atoms with Crippen molar-refractivity contribution in [1.82, 2.24) is 15.0 Å². The van der Waals surface area contributed by atoms with Crippen molar-refractivity contribution in [2.24, 2.45) is 0 Å². The van der Waals surface area contributed by atoms with E-state index < -0.39 is 6.10 Å². The largest absolute Gasteiger partial charge is 0.493 e. The average molecular weight is 416 g/mol. The summed E-state index contributed by atoms with van der Waals surface area (Å²) in [6.07, 6.45) is -0.169. The second-order valence-corrected chi connectivity index (χ2v) is 6.76. The van der Waals surface area contributed by atoms with Gasteiger partial charge < -0.3 is 18.9 Å². The molecule has 1 aromatic heterocycles. The fourth-order valence-electron chi connectivity index (χ4n) is 2.78. The zero-order valence-electron chi connectivity index (χ0n) is 16.5. The summed E-state index contributed by atoms with van der Waals surface area (Å²) < 4.78 is 16.5. The third-order valence-corrected chi connectivity index (χ3v) is 4.65. The molecule has 3 rings (SSSR count). The van der Waals surface area contributed by atoms with Crippen molar-refractivity contribution in [2.75, 3.05) is 14.2 Å². The number of methoxy groups -OCH3 is 1. The maximum atomic E-state index is 12.9. The Morgan fingerprint density at radius 2 is 1.86 bits per heavy atom. The minimum atomic E-state index is -0.665. The molecule has 152 valence electrons. The number of rotatable bonds is 8. The molecule has 1 atom stereocenters. The standard InChI is InChI=1S/C21H22ClN3O4/c1-4-16(28-18-12-8-7-11-17(18)27-3)21(26)25(2)13-19-23-20(24-29-19)14-9-5-6-10-15(14)22/h5-12,16H,4,13H2,1-3H3. The Balaban J connectivity index is 1.69. The molecule has 0 aliphatic carbocycles. The molecule has 7 nitrogen and oxygen atoms in total. The van der Waals surface area contributed by atoms with E-state index in [9.17, 15) is 4.79 Å². The third-order valence-electron chi connectivity index (χ3n) is 4.32. The van der Waals surface area contributed by atoms with E-state index >= 15 is 0 Å². The average Bonchev–Trinajstić information content (AvgIpc) is 3.20. The summed E-state index contributed by atoms with van der Waals surface area (Å²) in [5.41, 5.74) is 0.670. The van der Waals surface area contributed by atoms with Crippen LogP contribution in [0.25, 0.3) is 11.4 Å². The molecular weight excluding hydrogens is 394 g/mol. The zero-order chi connectivity index (χ0) is 20.8. The Morgan fingerprint density at radius 3 is 2.55 bits per heavy atom. The number of carbonyl (C=O) groups excluding carboxylic acids is 1. The van der Waals surface area contributed by atoms with Gasteiger partial charge in [-0.25, -0.2) is 0 Å². The number of amides is 1. The van der Waals surface area contributed by atoms with Crippen LogP contribution in [0, 0.1) is 0 Å². The minimum Gasteiger partial charge on any atom is -0.493 e. The van der Waals surface area contributed by atoms with Crippen LogP contribution in [0.1, 0.15) is 19.2 Å². The summed E-state index contributed by atoms with van der Waals surface area (Å²) in [5.74, 6) is 1.58. The van der Waals surface area contributed by atoms with Crippen LogP contribution < -0.4 is 9.47 Å². The van der Waals surface area contributed by atoms with Crippen molar-refractivity contribution in [3.8, 4) is 22.9 Å². The molecule has 0 aliphatic heterocycles. The van der Waals surface area contributed by atoms with Gasteiger partial charge in [0.2, 0.25) is 11.7 Å². The van der Waals surface area contributed by atoms with Crippen molar-refractivity contribution >= 4 is 17.5 Å². The number of hydrogen-bond acceptors (Lipinski definition) is 6. The van der Waals surface area contributed by atoms with Gasteiger partial charge in [0, 0.05) is 12.6 Å². The van der Waals surface area contributed by atoms with Crippen molar-refractivity contribution in [2.45, 2.75) is 26.0 Å². The molecule has 0 spiro atoms. The maximum Gasteiger partial charge on any atom is 0.263 e. The molecule has 1 heterocycles. The second-order valence-electron chi connectivity index (χ2n) is 6.35. The number of ether oxygens (including phenoxy) is 2. The fraction of sp³-hybridized carbons (Fsp3) is 0.286. The summed E-state index contributed by atoms with van der Waals surface area (Å²) in [6.45, 7) is 2.04. The maximum absolute atomic E-state index is 12.9. The summed E-state index contributed by atoms with van der Waals surface area (Å²) in [6, 6.07) is 14.4. The first-order chi connectivity index (χ1) is 14.0. The first-order valence-electron chi connectivity index (χ1n) is 9.15. The van der Waals surface area contributed by atoms with Gasteiger partial charge in [0.15, 0.2) is 17.6 Å². The van der Waals surface area contributed by atoms with E-state index in [2.05, 4.69) is 10.1 Å². The van der Waals surface area contributed by atoms with Crippen molar-refractivity contribution in [1.29, 1.82) is 0 Å². The van der Waals surface area contributed by atoms with Gasteiger partial charge in [-0.2, -0.15) is 4.98 Å². The van der Waals surface area contributed by atoms with Crippen LogP contribution in [0.15, 0.2) is 53.1 Å². The monoisotopic (exact) mass is 415 g/mol. The Bertz CT molecular complexity index is 976. The lowest BCUT2D eigenvalue weighted by atomic mass is 10.2. The lowest BCUT2D eigenvalue weighted by molar-refractivity contribution is -0.138. The smallest absolute Gasteiger partial charge is 0.263 e. The van der Waals surface area contributed by atoms with E-state index in [1.165, 1.54) is 4.90 Å². The number of carbonyl (C=O) groups is 1. The highest BCUT2D eigenvalue weighted by Crippen LogP contribution is 2.28. The number of likely N-dealkylation sites (N-methyl/N-ethyl adjacent to an activating group) is 1. The van der Waals surface area contributed by atoms with Gasteiger partial charge in [-0.15, -0.1) is 0 Å². The molecule has 0 bridgehead atoms. The van der Waals surface area contributed by atoms with Gasteiger partial charge in [0.25, 0.3) is 5.91 Å². The summed E-state index contributed by atoms with van der Waals surface area (Å²) in [4.78, 5) is 18.7. The van der Waals surface area contributed by atoms with Gasteiger partial charge in [-0.3, -0.25) is 4.79 Å². The molecule has 8 heteroatoms. The minimum absolute atomic E-state index is 0.155. The highest BCUT2D eigenvalue weighted by molar-refractivity contribution is 6.33. The van der Waals surface area contributed by atoms with Crippen molar-refractivity contribution in [3.63, 3.8) is 0 Å². The number of halogens is 1. The van der Waals surface area contributed by atoms with E-state index in [0.717, 1.165) is 0 Å². The van der Waals surface area contributed by atoms with Gasteiger partial charge in [0.1, 0.15) is 0 Å². The van der Waals surface area contributed by atoms with E-state index in [-0.39, 0.29) is 12.5 Å². The van der Waals surface area contributed by atoms with Gasteiger partial charge in [0.05, 0.1) is 18.7 Å². The predicted octanol–water partition coefficient (Wildman–Crippen LogP) is 4.21. The third kappa shape index (κ3) is 4.86. The molecule has 0 saturated heterocycles. The lowest BCUT2D eigenvalue weighted by Gasteiger charge is -2.23. The number of benzene rings is 2. The first-order valence-corrected chi connectivity index (χ1v) is 9.53. The van der Waals surface area contributed by atoms with E-state index in [4.69, 9.17) is 25.6 Å². The van der Waals surface area contributed by atoms with Crippen LogP contribution in [0.5, 0.6) is 11.5 Å². The molecule has 0 fully saturated rings. The number of nitrogens with zero attached hydrogens (tertiary/aromatic N) is 3. The van der Waals surface area contributed by atoms with Crippen molar-refractivity contribution < 1.29 is 18.8 Å². The predicted molar refractivity (Wildman–Crippen MR) is 109 cm³/mol. The SMILES string of the molecule is CCC(Oc1ccccc1OC)C(=O)N(C)Cc1nc(-c2ccccc2Cl)no1. The second kappa shape index (κ2) is 9.43. The molecule has 29 heavy (non-hydrogen) atoms. The Morgan fingerprint density at radius 1 is 1.17 bits per heavy atom. The quantitative estimate of drug-likeness (QED) is 0.548. The van der Waals surface area contributed by atoms with Gasteiger partial charge >= 0.3 is 0 Å². The normalized spacial score (nSPS) is 11.7. The molecule has 3 aromatic rings. The molecular formula is C21H22ClN3O4.